The minimum absolute atomic E-state index is 0.0677. The van der Waals surface area contributed by atoms with Crippen LogP contribution in [-0.2, 0) is 19.1 Å². The molecule has 26 heavy (non-hydrogen) atoms. The summed E-state index contributed by atoms with van der Waals surface area (Å²) in [7, 11) is 1.38. The van der Waals surface area contributed by atoms with E-state index in [9.17, 15) is 9.59 Å². The number of hydrogen-bond acceptors (Lipinski definition) is 4. The van der Waals surface area contributed by atoms with Crippen LogP contribution < -0.4 is 0 Å². The summed E-state index contributed by atoms with van der Waals surface area (Å²) in [5.41, 5.74) is 2.32. The highest BCUT2D eigenvalue weighted by Crippen LogP contribution is 2.54. The minimum Gasteiger partial charge on any atom is -0.468 e. The van der Waals surface area contributed by atoms with Gasteiger partial charge in [-0.15, -0.1) is 0 Å². The Morgan fingerprint density at radius 3 is 2.65 bits per heavy atom. The summed E-state index contributed by atoms with van der Waals surface area (Å²) < 4.78 is 11.1. The first-order valence-corrected chi connectivity index (χ1v) is 9.22. The molecule has 2 fully saturated rings. The number of allylic oxidation sites excluding steroid dienone is 2. The maximum atomic E-state index is 13.7. The molecule has 0 unspecified atom stereocenters. The number of carbonyl (C=O) groups excluding carboxylic acids is 2. The maximum absolute atomic E-state index is 13.7. The first-order chi connectivity index (χ1) is 12.5. The van der Waals surface area contributed by atoms with Gasteiger partial charge in [0.15, 0.2) is 5.41 Å². The number of fused-ring (bicyclic) bond motifs is 2. The molecule has 138 valence electrons. The topological polar surface area (TPSA) is 55.8 Å². The molecule has 0 spiro atoms. The predicted molar refractivity (Wildman–Crippen MR) is 95.9 cm³/mol. The van der Waals surface area contributed by atoms with Crippen LogP contribution in [0.1, 0.15) is 44.7 Å². The van der Waals surface area contributed by atoms with Crippen molar-refractivity contribution in [2.45, 2.75) is 45.4 Å². The molecule has 2 heterocycles. The van der Waals surface area contributed by atoms with Crippen molar-refractivity contribution < 1.29 is 19.1 Å². The number of benzene rings is 1. The van der Waals surface area contributed by atoms with E-state index in [0.717, 1.165) is 17.6 Å². The van der Waals surface area contributed by atoms with E-state index in [0.29, 0.717) is 19.4 Å². The predicted octanol–water partition coefficient (Wildman–Crippen LogP) is 3.22. The van der Waals surface area contributed by atoms with Crippen LogP contribution in [0.5, 0.6) is 0 Å². The molecule has 4 rings (SSSR count). The number of carbonyl (C=O) groups is 2. The Labute approximate surface area is 154 Å². The Morgan fingerprint density at radius 2 is 1.96 bits per heavy atom. The Hall–Kier alpha value is -2.14. The van der Waals surface area contributed by atoms with Gasteiger partial charge < -0.3 is 14.4 Å². The molecule has 3 aliphatic rings. The summed E-state index contributed by atoms with van der Waals surface area (Å²) in [5, 5.41) is 0. The van der Waals surface area contributed by atoms with Gasteiger partial charge >= 0.3 is 5.97 Å². The highest BCUT2D eigenvalue weighted by atomic mass is 16.5. The third kappa shape index (κ3) is 2.33. The van der Waals surface area contributed by atoms with Crippen LogP contribution >= 0.6 is 0 Å². The molecule has 1 aromatic rings. The van der Waals surface area contributed by atoms with Crippen LogP contribution in [0, 0.1) is 11.3 Å². The van der Waals surface area contributed by atoms with E-state index in [4.69, 9.17) is 9.47 Å². The van der Waals surface area contributed by atoms with E-state index in [2.05, 4.69) is 6.92 Å². The normalized spacial score (nSPS) is 33.7. The van der Waals surface area contributed by atoms with Crippen molar-refractivity contribution in [2.24, 2.45) is 11.3 Å². The van der Waals surface area contributed by atoms with E-state index in [1.54, 1.807) is 4.90 Å². The van der Waals surface area contributed by atoms with Crippen LogP contribution in [0.15, 0.2) is 41.5 Å². The molecule has 2 saturated heterocycles. The number of rotatable bonds is 2. The summed E-state index contributed by atoms with van der Waals surface area (Å²) in [4.78, 5) is 28.4. The smallest absolute Gasteiger partial charge is 0.322 e. The summed E-state index contributed by atoms with van der Waals surface area (Å²) in [6, 6.07) is 9.76. The quantitative estimate of drug-likeness (QED) is 0.464. The fourth-order valence-electron chi connectivity index (χ4n) is 4.90. The van der Waals surface area contributed by atoms with Gasteiger partial charge in [-0.25, -0.2) is 0 Å². The van der Waals surface area contributed by atoms with Crippen LogP contribution in [0.2, 0.25) is 0 Å². The van der Waals surface area contributed by atoms with E-state index in [1.165, 1.54) is 12.7 Å². The second kappa shape index (κ2) is 6.23. The Balaban J connectivity index is 1.77. The van der Waals surface area contributed by atoms with Crippen molar-refractivity contribution in [3.05, 3.63) is 47.0 Å². The molecule has 1 aromatic carbocycles. The fraction of sp³-hybridized carbons (Fsp3) is 0.524. The van der Waals surface area contributed by atoms with Gasteiger partial charge in [0.05, 0.1) is 19.8 Å². The van der Waals surface area contributed by atoms with Gasteiger partial charge in [0.25, 0.3) is 0 Å². The maximum Gasteiger partial charge on any atom is 0.322 e. The van der Waals surface area contributed by atoms with Gasteiger partial charge in [-0.05, 0) is 44.6 Å². The van der Waals surface area contributed by atoms with E-state index in [1.807, 2.05) is 37.3 Å². The number of piperidine rings is 1. The van der Waals surface area contributed by atoms with Crippen molar-refractivity contribution in [3.8, 4) is 0 Å². The summed E-state index contributed by atoms with van der Waals surface area (Å²) in [5.74, 6) is -0.609. The first-order valence-electron chi connectivity index (χ1n) is 9.22. The molecule has 1 aliphatic carbocycles. The van der Waals surface area contributed by atoms with Crippen molar-refractivity contribution >= 4 is 11.9 Å². The van der Waals surface area contributed by atoms with Gasteiger partial charge in [0.1, 0.15) is 6.23 Å². The summed E-state index contributed by atoms with van der Waals surface area (Å²) in [6.07, 6.45) is 1.60. The van der Waals surface area contributed by atoms with Crippen molar-refractivity contribution in [2.75, 3.05) is 13.7 Å². The molecule has 4 atom stereocenters. The summed E-state index contributed by atoms with van der Waals surface area (Å²) >= 11 is 0. The number of ether oxygens (including phenoxy) is 2. The highest BCUT2D eigenvalue weighted by molar-refractivity contribution is 6.04. The molecule has 2 aliphatic heterocycles. The Bertz CT molecular complexity index is 771. The van der Waals surface area contributed by atoms with Crippen molar-refractivity contribution in [1.82, 2.24) is 4.90 Å². The molecular formula is C21H25NO4. The van der Waals surface area contributed by atoms with Gasteiger partial charge in [0.2, 0.25) is 5.91 Å². The third-order valence-electron chi connectivity index (χ3n) is 6.45. The van der Waals surface area contributed by atoms with Gasteiger partial charge in [-0.3, -0.25) is 9.59 Å². The van der Waals surface area contributed by atoms with Crippen LogP contribution in [-0.4, -0.2) is 36.7 Å². The van der Waals surface area contributed by atoms with Crippen LogP contribution in [0.25, 0.3) is 0 Å². The van der Waals surface area contributed by atoms with Crippen LogP contribution in [0.4, 0.5) is 0 Å². The molecule has 5 nitrogen and oxygen atoms in total. The molecular weight excluding hydrogens is 330 g/mol. The lowest BCUT2D eigenvalue weighted by Crippen LogP contribution is -2.61. The van der Waals surface area contributed by atoms with Gasteiger partial charge in [-0.2, -0.15) is 0 Å². The number of amides is 1. The van der Waals surface area contributed by atoms with E-state index in [-0.39, 0.29) is 24.1 Å². The number of methoxy groups -OCH3 is 1. The highest BCUT2D eigenvalue weighted by Gasteiger charge is 2.63. The average molecular weight is 355 g/mol. The monoisotopic (exact) mass is 355 g/mol. The third-order valence-corrected chi connectivity index (χ3v) is 6.45. The average Bonchev–Trinajstić information content (AvgIpc) is 3.07. The minimum atomic E-state index is -1.12. The first kappa shape index (κ1) is 17.3. The van der Waals surface area contributed by atoms with Gasteiger partial charge in [0, 0.05) is 0 Å². The molecule has 0 radical (unpaired) electrons. The Kier molecular flexibility index (Phi) is 4.14. The SMILES string of the molecule is COC(=O)[C@]12CC(C)=C(C)C[C@H]1C[C@@H]1OC[C@@H](c3ccccc3)N1C2=O. The molecule has 0 bridgehead atoms. The van der Waals surface area contributed by atoms with E-state index < -0.39 is 11.4 Å². The molecule has 0 aromatic heterocycles. The second-order valence-electron chi connectivity index (χ2n) is 7.76. The lowest BCUT2D eigenvalue weighted by molar-refractivity contribution is -0.182. The second-order valence-corrected chi connectivity index (χ2v) is 7.76. The number of hydrogen-bond donors (Lipinski definition) is 0. The zero-order valence-electron chi connectivity index (χ0n) is 15.5. The zero-order valence-corrected chi connectivity index (χ0v) is 15.5. The lowest BCUT2D eigenvalue weighted by Gasteiger charge is -2.49. The van der Waals surface area contributed by atoms with Crippen LogP contribution in [0.3, 0.4) is 0 Å². The number of esters is 1. The molecule has 1 amide bonds. The fourth-order valence-corrected chi connectivity index (χ4v) is 4.90. The van der Waals surface area contributed by atoms with E-state index >= 15 is 0 Å². The largest absolute Gasteiger partial charge is 0.468 e. The zero-order chi connectivity index (χ0) is 18.5. The summed E-state index contributed by atoms with van der Waals surface area (Å²) in [6.45, 7) is 4.58. The standard InChI is InChI=1S/C21H25NO4/c1-13-9-16-10-18-22(17(12-26-18)15-7-5-4-6-8-15)19(23)21(16,11-14(13)2)20(24)25-3/h4-8,16-18H,9-12H2,1-3H3/t16-,17-,18-,21+/m0/s1. The Morgan fingerprint density at radius 1 is 1.23 bits per heavy atom. The van der Waals surface area contributed by atoms with Gasteiger partial charge in [-0.1, -0.05) is 41.5 Å². The molecule has 5 heteroatoms. The van der Waals surface area contributed by atoms with Crippen molar-refractivity contribution in [3.63, 3.8) is 0 Å². The number of nitrogens with zero attached hydrogens (tertiary/aromatic N) is 1. The van der Waals surface area contributed by atoms with Crippen molar-refractivity contribution in [1.29, 1.82) is 0 Å². The molecule has 0 saturated carbocycles. The lowest BCUT2D eigenvalue weighted by atomic mass is 9.60. The molecule has 0 N–H and O–H groups in total.